The average Bonchev–Trinajstić information content (AvgIpc) is 2.46. The first-order valence-corrected chi connectivity index (χ1v) is 6.65. The lowest BCUT2D eigenvalue weighted by Gasteiger charge is -2.26. The standard InChI is InChI=1S/C15H21NO5/c1-5-6-15(2,14(18)19)16-13(17)10-7-11(20-3)9-12(8-10)21-4/h7-9H,5-6H2,1-4H3,(H,16,17)(H,18,19). The molecule has 0 aliphatic heterocycles. The Labute approximate surface area is 124 Å². The first-order valence-electron chi connectivity index (χ1n) is 6.65. The van der Waals surface area contributed by atoms with Crippen LogP contribution in [0.3, 0.4) is 0 Å². The Morgan fingerprint density at radius 2 is 1.71 bits per heavy atom. The molecule has 0 aliphatic rings. The van der Waals surface area contributed by atoms with Crippen LogP contribution in [0.15, 0.2) is 18.2 Å². The molecule has 0 aliphatic carbocycles. The van der Waals surface area contributed by atoms with Gasteiger partial charge in [-0.1, -0.05) is 13.3 Å². The van der Waals surface area contributed by atoms with Crippen LogP contribution >= 0.6 is 0 Å². The predicted octanol–water partition coefficient (Wildman–Crippen LogP) is 2.08. The number of hydrogen-bond acceptors (Lipinski definition) is 4. The Morgan fingerprint density at radius 1 is 1.19 bits per heavy atom. The topological polar surface area (TPSA) is 84.9 Å². The van der Waals surface area contributed by atoms with Gasteiger partial charge in [0.05, 0.1) is 14.2 Å². The quantitative estimate of drug-likeness (QED) is 0.804. The van der Waals surface area contributed by atoms with E-state index in [2.05, 4.69) is 5.32 Å². The molecule has 1 unspecified atom stereocenters. The van der Waals surface area contributed by atoms with Crippen molar-refractivity contribution in [3.8, 4) is 11.5 Å². The molecule has 2 N–H and O–H groups in total. The van der Waals surface area contributed by atoms with Crippen molar-refractivity contribution in [2.75, 3.05) is 14.2 Å². The fourth-order valence-electron chi connectivity index (χ4n) is 1.98. The number of hydrogen-bond donors (Lipinski definition) is 2. The molecule has 21 heavy (non-hydrogen) atoms. The summed E-state index contributed by atoms with van der Waals surface area (Å²) in [4.78, 5) is 23.7. The second-order valence-corrected chi connectivity index (χ2v) is 4.94. The molecule has 6 heteroatoms. The van der Waals surface area contributed by atoms with E-state index in [1.807, 2.05) is 6.92 Å². The number of amides is 1. The maximum absolute atomic E-state index is 12.3. The molecule has 1 rings (SSSR count). The SMILES string of the molecule is CCCC(C)(NC(=O)c1cc(OC)cc(OC)c1)C(=O)O. The van der Waals surface area contributed by atoms with Gasteiger partial charge in [-0.25, -0.2) is 4.79 Å². The van der Waals surface area contributed by atoms with Crippen LogP contribution in [-0.2, 0) is 4.79 Å². The highest BCUT2D eigenvalue weighted by molar-refractivity contribution is 5.98. The highest BCUT2D eigenvalue weighted by atomic mass is 16.5. The van der Waals surface area contributed by atoms with Gasteiger partial charge >= 0.3 is 5.97 Å². The number of methoxy groups -OCH3 is 2. The van der Waals surface area contributed by atoms with E-state index in [9.17, 15) is 14.7 Å². The van der Waals surface area contributed by atoms with Gasteiger partial charge < -0.3 is 19.9 Å². The van der Waals surface area contributed by atoms with E-state index in [0.29, 0.717) is 24.3 Å². The lowest BCUT2D eigenvalue weighted by molar-refractivity contribution is -0.144. The fraction of sp³-hybridized carbons (Fsp3) is 0.467. The van der Waals surface area contributed by atoms with Crippen LogP contribution in [0, 0.1) is 0 Å². The van der Waals surface area contributed by atoms with Gasteiger partial charge in [0.2, 0.25) is 0 Å². The molecule has 0 saturated heterocycles. The third kappa shape index (κ3) is 4.11. The Kier molecular flexibility index (Phi) is 5.58. The minimum absolute atomic E-state index is 0.287. The summed E-state index contributed by atoms with van der Waals surface area (Å²) in [6.45, 7) is 3.36. The third-order valence-corrected chi connectivity index (χ3v) is 3.23. The lowest BCUT2D eigenvalue weighted by atomic mass is 9.95. The highest BCUT2D eigenvalue weighted by Gasteiger charge is 2.34. The molecule has 0 bridgehead atoms. The van der Waals surface area contributed by atoms with Crippen molar-refractivity contribution in [3.05, 3.63) is 23.8 Å². The summed E-state index contributed by atoms with van der Waals surface area (Å²) in [5.41, 5.74) is -1.02. The Hall–Kier alpha value is -2.24. The minimum atomic E-state index is -1.30. The molecule has 1 amide bonds. The zero-order valence-corrected chi connectivity index (χ0v) is 12.7. The van der Waals surface area contributed by atoms with Crippen molar-refractivity contribution in [1.82, 2.24) is 5.32 Å². The molecular weight excluding hydrogens is 274 g/mol. The molecule has 0 saturated carbocycles. The largest absolute Gasteiger partial charge is 0.497 e. The van der Waals surface area contributed by atoms with E-state index in [-0.39, 0.29) is 5.56 Å². The molecule has 0 radical (unpaired) electrons. The summed E-state index contributed by atoms with van der Waals surface area (Å²) < 4.78 is 10.2. The number of ether oxygens (including phenoxy) is 2. The molecule has 1 atom stereocenters. The third-order valence-electron chi connectivity index (χ3n) is 3.23. The van der Waals surface area contributed by atoms with Gasteiger partial charge in [-0.15, -0.1) is 0 Å². The second-order valence-electron chi connectivity index (χ2n) is 4.94. The molecule has 6 nitrogen and oxygen atoms in total. The Morgan fingerprint density at radius 3 is 2.10 bits per heavy atom. The number of carbonyl (C=O) groups excluding carboxylic acids is 1. The van der Waals surface area contributed by atoms with Gasteiger partial charge in [0, 0.05) is 11.6 Å². The second kappa shape index (κ2) is 6.97. The van der Waals surface area contributed by atoms with Crippen molar-refractivity contribution < 1.29 is 24.2 Å². The Bertz CT molecular complexity index is 507. The molecule has 1 aromatic rings. The maximum atomic E-state index is 12.3. The summed E-state index contributed by atoms with van der Waals surface area (Å²) in [5, 5.41) is 11.9. The van der Waals surface area contributed by atoms with E-state index in [1.165, 1.54) is 33.3 Å². The minimum Gasteiger partial charge on any atom is -0.497 e. The normalized spacial score (nSPS) is 13.1. The van der Waals surface area contributed by atoms with Gasteiger partial charge in [-0.2, -0.15) is 0 Å². The van der Waals surface area contributed by atoms with Crippen molar-refractivity contribution in [2.45, 2.75) is 32.2 Å². The molecule has 1 aromatic carbocycles. The van der Waals surface area contributed by atoms with Crippen molar-refractivity contribution >= 4 is 11.9 Å². The number of nitrogens with one attached hydrogen (secondary N) is 1. The van der Waals surface area contributed by atoms with E-state index in [1.54, 1.807) is 6.07 Å². The summed E-state index contributed by atoms with van der Waals surface area (Å²) in [5.74, 6) is -0.614. The van der Waals surface area contributed by atoms with Crippen LogP contribution in [-0.4, -0.2) is 36.7 Å². The van der Waals surface area contributed by atoms with Crippen molar-refractivity contribution in [3.63, 3.8) is 0 Å². The smallest absolute Gasteiger partial charge is 0.329 e. The number of carbonyl (C=O) groups is 2. The summed E-state index contributed by atoms with van der Waals surface area (Å²) in [6, 6.07) is 4.71. The van der Waals surface area contributed by atoms with E-state index < -0.39 is 17.4 Å². The fourth-order valence-corrected chi connectivity index (χ4v) is 1.98. The zero-order valence-electron chi connectivity index (χ0n) is 12.7. The van der Waals surface area contributed by atoms with Crippen LogP contribution in [0.25, 0.3) is 0 Å². The summed E-state index contributed by atoms with van der Waals surface area (Å²) in [7, 11) is 2.96. The summed E-state index contributed by atoms with van der Waals surface area (Å²) in [6.07, 6.45) is 0.986. The number of carboxylic acids is 1. The monoisotopic (exact) mass is 295 g/mol. The van der Waals surface area contributed by atoms with E-state index in [0.717, 1.165) is 0 Å². The zero-order chi connectivity index (χ0) is 16.0. The van der Waals surface area contributed by atoms with Gasteiger partial charge in [0.25, 0.3) is 5.91 Å². The van der Waals surface area contributed by atoms with Gasteiger partial charge in [0.15, 0.2) is 0 Å². The van der Waals surface area contributed by atoms with Crippen LogP contribution in [0.1, 0.15) is 37.0 Å². The molecular formula is C15H21NO5. The van der Waals surface area contributed by atoms with E-state index >= 15 is 0 Å². The highest BCUT2D eigenvalue weighted by Crippen LogP contribution is 2.23. The van der Waals surface area contributed by atoms with Gasteiger partial charge in [-0.05, 0) is 25.5 Å². The summed E-state index contributed by atoms with van der Waals surface area (Å²) >= 11 is 0. The molecule has 0 aromatic heterocycles. The Balaban J connectivity index is 3.05. The average molecular weight is 295 g/mol. The number of rotatable bonds is 7. The lowest BCUT2D eigenvalue weighted by Crippen LogP contribution is -2.52. The van der Waals surface area contributed by atoms with Crippen LogP contribution in [0.5, 0.6) is 11.5 Å². The molecule has 0 fully saturated rings. The first-order chi connectivity index (χ1) is 9.86. The maximum Gasteiger partial charge on any atom is 0.329 e. The van der Waals surface area contributed by atoms with Crippen LogP contribution in [0.4, 0.5) is 0 Å². The number of aliphatic carboxylic acids is 1. The molecule has 0 heterocycles. The van der Waals surface area contributed by atoms with E-state index in [4.69, 9.17) is 9.47 Å². The molecule has 0 spiro atoms. The van der Waals surface area contributed by atoms with Crippen LogP contribution in [0.2, 0.25) is 0 Å². The van der Waals surface area contributed by atoms with Gasteiger partial charge in [0.1, 0.15) is 17.0 Å². The first kappa shape index (κ1) is 16.8. The van der Waals surface area contributed by atoms with Crippen molar-refractivity contribution in [1.29, 1.82) is 0 Å². The van der Waals surface area contributed by atoms with Gasteiger partial charge in [-0.3, -0.25) is 4.79 Å². The molecule has 116 valence electrons. The van der Waals surface area contributed by atoms with Crippen LogP contribution < -0.4 is 14.8 Å². The predicted molar refractivity (Wildman–Crippen MR) is 78.0 cm³/mol. The van der Waals surface area contributed by atoms with Crippen molar-refractivity contribution in [2.24, 2.45) is 0 Å². The number of carboxylic acid groups (broad SMARTS) is 1. The number of benzene rings is 1.